The van der Waals surface area contributed by atoms with Crippen LogP contribution < -0.4 is 5.32 Å². The summed E-state index contributed by atoms with van der Waals surface area (Å²) in [5, 5.41) is 87.1. The van der Waals surface area contributed by atoms with Gasteiger partial charge in [-0.05, 0) is 51.4 Å². The highest BCUT2D eigenvalue weighted by Crippen LogP contribution is 2.30. The number of carbonyl (C=O) groups is 1. The third-order valence-electron chi connectivity index (χ3n) is 16.6. The molecule has 12 atom stereocenters. The topological polar surface area (TPSA) is 228 Å². The Kier molecular flexibility index (Phi) is 48.8. The van der Waals surface area contributed by atoms with Crippen molar-refractivity contribution in [3.05, 3.63) is 36.5 Å². The normalized spacial score (nSPS) is 24.3. The second-order valence-corrected chi connectivity index (χ2v) is 24.0. The van der Waals surface area contributed by atoms with E-state index in [9.17, 15) is 45.6 Å². The SMILES string of the molecule is CCCCCCC/C=C\C/C=C\CCCCCCCCCCCCCCCCCCCCCCCCCC(=O)NC(COC1OC(CO)C(OC2OC(CO)C(O)C(O)C2O)C(O)C1O)C(O)/C=C/CCCCCCCCCCCC. The van der Waals surface area contributed by atoms with Crippen LogP contribution in [0, 0.1) is 0 Å². The first-order valence-corrected chi connectivity index (χ1v) is 33.7. The molecule has 0 aromatic rings. The van der Waals surface area contributed by atoms with Gasteiger partial charge in [0.15, 0.2) is 12.6 Å². The number of aliphatic hydroxyl groups is 8. The molecule has 2 rings (SSSR count). The second kappa shape index (κ2) is 52.5. The van der Waals surface area contributed by atoms with Crippen molar-refractivity contribution >= 4 is 5.91 Å². The molecule has 0 aromatic carbocycles. The van der Waals surface area contributed by atoms with Gasteiger partial charge >= 0.3 is 0 Å². The Bertz CT molecular complexity index is 1500. The zero-order valence-electron chi connectivity index (χ0n) is 51.5. The van der Waals surface area contributed by atoms with Crippen LogP contribution in [0.25, 0.3) is 0 Å². The van der Waals surface area contributed by atoms with Crippen LogP contribution in [0.1, 0.15) is 290 Å². The molecule has 476 valence electrons. The number of hydrogen-bond acceptors (Lipinski definition) is 13. The summed E-state index contributed by atoms with van der Waals surface area (Å²) in [6.07, 6.45) is 49.4. The minimum absolute atomic E-state index is 0.236. The first kappa shape index (κ1) is 75.3. The summed E-state index contributed by atoms with van der Waals surface area (Å²) in [5.74, 6) is -0.236. The maximum absolute atomic E-state index is 13.3. The van der Waals surface area contributed by atoms with E-state index in [1.54, 1.807) is 6.08 Å². The Balaban J connectivity index is 1.58. The summed E-state index contributed by atoms with van der Waals surface area (Å²) in [6.45, 7) is 2.80. The van der Waals surface area contributed by atoms with Crippen LogP contribution in [0.3, 0.4) is 0 Å². The third kappa shape index (κ3) is 37.4. The van der Waals surface area contributed by atoms with E-state index in [2.05, 4.69) is 43.5 Å². The molecule has 0 aliphatic carbocycles. The highest BCUT2D eigenvalue weighted by atomic mass is 16.7. The van der Waals surface area contributed by atoms with Crippen molar-refractivity contribution in [1.82, 2.24) is 5.32 Å². The summed E-state index contributed by atoms with van der Waals surface area (Å²) < 4.78 is 22.8. The van der Waals surface area contributed by atoms with Gasteiger partial charge in [-0.3, -0.25) is 4.79 Å². The van der Waals surface area contributed by atoms with Gasteiger partial charge in [-0.25, -0.2) is 0 Å². The zero-order valence-corrected chi connectivity index (χ0v) is 51.5. The zero-order chi connectivity index (χ0) is 58.8. The second-order valence-electron chi connectivity index (χ2n) is 24.0. The van der Waals surface area contributed by atoms with Gasteiger partial charge in [0.05, 0.1) is 32.0 Å². The van der Waals surface area contributed by atoms with Gasteiger partial charge in [-0.2, -0.15) is 0 Å². The monoisotopic (exact) mass is 1150 g/mol. The lowest BCUT2D eigenvalue weighted by molar-refractivity contribution is -0.359. The Morgan fingerprint density at radius 1 is 0.444 bits per heavy atom. The Labute approximate surface area is 493 Å². The fraction of sp³-hybridized carbons (Fsp3) is 0.896. The van der Waals surface area contributed by atoms with Crippen molar-refractivity contribution in [2.75, 3.05) is 19.8 Å². The average Bonchev–Trinajstić information content (AvgIpc) is 3.46. The molecule has 2 fully saturated rings. The van der Waals surface area contributed by atoms with E-state index in [-0.39, 0.29) is 18.9 Å². The lowest BCUT2D eigenvalue weighted by Crippen LogP contribution is -2.65. The molecular formula is C67H125NO13. The maximum Gasteiger partial charge on any atom is 0.220 e. The molecule has 81 heavy (non-hydrogen) atoms. The minimum atomic E-state index is -1.79. The Hall–Kier alpha value is -1.79. The van der Waals surface area contributed by atoms with Crippen molar-refractivity contribution in [3.8, 4) is 0 Å². The van der Waals surface area contributed by atoms with E-state index in [0.29, 0.717) is 6.42 Å². The predicted molar refractivity (Wildman–Crippen MR) is 328 cm³/mol. The van der Waals surface area contributed by atoms with Gasteiger partial charge in [0, 0.05) is 6.42 Å². The summed E-state index contributed by atoms with van der Waals surface area (Å²) in [6, 6.07) is -0.911. The molecule has 2 aliphatic rings. The van der Waals surface area contributed by atoms with Crippen LogP contribution in [0.4, 0.5) is 0 Å². The number of carbonyl (C=O) groups excluding carboxylic acids is 1. The maximum atomic E-state index is 13.3. The van der Waals surface area contributed by atoms with E-state index in [1.807, 2.05) is 6.08 Å². The van der Waals surface area contributed by atoms with Crippen molar-refractivity contribution < 1.29 is 64.6 Å². The quantitative estimate of drug-likeness (QED) is 0.0204. The van der Waals surface area contributed by atoms with Gasteiger partial charge in [0.2, 0.25) is 5.91 Å². The summed E-state index contributed by atoms with van der Waals surface area (Å²) >= 11 is 0. The van der Waals surface area contributed by atoms with Crippen molar-refractivity contribution in [1.29, 1.82) is 0 Å². The predicted octanol–water partition coefficient (Wildman–Crippen LogP) is 13.0. The van der Waals surface area contributed by atoms with Crippen molar-refractivity contribution in [2.24, 2.45) is 0 Å². The van der Waals surface area contributed by atoms with E-state index in [4.69, 9.17) is 18.9 Å². The molecule has 2 heterocycles. The van der Waals surface area contributed by atoms with Gasteiger partial charge in [0.25, 0.3) is 0 Å². The number of rotatable bonds is 55. The number of hydrogen-bond donors (Lipinski definition) is 9. The standard InChI is InChI=1S/C67H125NO13/c1-3-5-7-9-11-13-15-17-18-19-20-21-22-23-24-25-26-27-28-29-30-31-32-33-34-35-36-37-38-39-41-43-45-47-49-51-59(72)68-55(56(71)50-48-46-44-42-40-16-14-12-10-8-6-4-2)54-78-66-64(77)62(75)65(58(53-70)80-66)81-67-63(76)61(74)60(73)57(52-69)79-67/h15,17,19-20,48,50,55-58,60-67,69-71,73-77H,3-14,16,18,21-47,49,51-54H2,1-2H3,(H,68,72)/b17-15-,20-19-,50-48+. The summed E-state index contributed by atoms with van der Waals surface area (Å²) in [7, 11) is 0. The van der Waals surface area contributed by atoms with Crippen LogP contribution in [-0.2, 0) is 23.7 Å². The molecular weight excluding hydrogens is 1030 g/mol. The minimum Gasteiger partial charge on any atom is -0.394 e. The van der Waals surface area contributed by atoms with Gasteiger partial charge < -0.3 is 65.1 Å². The van der Waals surface area contributed by atoms with E-state index < -0.39 is 86.8 Å². The highest BCUT2D eigenvalue weighted by Gasteiger charge is 2.51. The fourth-order valence-electron chi connectivity index (χ4n) is 11.1. The van der Waals surface area contributed by atoms with Gasteiger partial charge in [-0.1, -0.05) is 269 Å². The molecule has 2 aliphatic heterocycles. The smallest absolute Gasteiger partial charge is 0.220 e. The van der Waals surface area contributed by atoms with Crippen LogP contribution in [0.5, 0.6) is 0 Å². The lowest BCUT2D eigenvalue weighted by Gasteiger charge is -2.46. The number of unbranched alkanes of at least 4 members (excludes halogenated alkanes) is 38. The number of ether oxygens (including phenoxy) is 4. The first-order chi connectivity index (χ1) is 39.6. The Morgan fingerprint density at radius 3 is 1.23 bits per heavy atom. The van der Waals surface area contributed by atoms with Crippen LogP contribution >= 0.6 is 0 Å². The van der Waals surface area contributed by atoms with E-state index in [1.165, 1.54) is 218 Å². The van der Waals surface area contributed by atoms with Crippen molar-refractivity contribution in [3.63, 3.8) is 0 Å². The molecule has 0 spiro atoms. The van der Waals surface area contributed by atoms with Gasteiger partial charge in [0.1, 0.15) is 48.8 Å². The molecule has 0 aromatic heterocycles. The Morgan fingerprint density at radius 2 is 0.815 bits per heavy atom. The fourth-order valence-corrected chi connectivity index (χ4v) is 11.1. The number of aliphatic hydroxyl groups excluding tert-OH is 8. The largest absolute Gasteiger partial charge is 0.394 e. The van der Waals surface area contributed by atoms with Gasteiger partial charge in [-0.15, -0.1) is 0 Å². The molecule has 9 N–H and O–H groups in total. The number of nitrogens with one attached hydrogen (secondary N) is 1. The van der Waals surface area contributed by atoms with E-state index >= 15 is 0 Å². The van der Waals surface area contributed by atoms with Crippen LogP contribution in [0.2, 0.25) is 0 Å². The first-order valence-electron chi connectivity index (χ1n) is 33.7. The molecule has 2 saturated heterocycles. The van der Waals surface area contributed by atoms with E-state index in [0.717, 1.165) is 44.9 Å². The van der Waals surface area contributed by atoms with Crippen molar-refractivity contribution in [2.45, 2.75) is 364 Å². The molecule has 14 nitrogen and oxygen atoms in total. The molecule has 0 radical (unpaired) electrons. The molecule has 1 amide bonds. The number of allylic oxidation sites excluding steroid dienone is 5. The van der Waals surface area contributed by atoms with Crippen LogP contribution in [-0.4, -0.2) is 140 Å². The average molecular weight is 1150 g/mol. The highest BCUT2D eigenvalue weighted by molar-refractivity contribution is 5.76. The lowest BCUT2D eigenvalue weighted by atomic mass is 9.97. The summed E-state index contributed by atoms with van der Waals surface area (Å²) in [4.78, 5) is 13.3. The molecule has 0 saturated carbocycles. The molecule has 14 heteroatoms. The molecule has 0 bridgehead atoms. The number of amides is 1. The third-order valence-corrected chi connectivity index (χ3v) is 16.6. The molecule has 12 unspecified atom stereocenters. The summed E-state index contributed by atoms with van der Waals surface area (Å²) in [5.41, 5.74) is 0. The van der Waals surface area contributed by atoms with Crippen LogP contribution in [0.15, 0.2) is 36.5 Å².